The lowest BCUT2D eigenvalue weighted by molar-refractivity contribution is -0.305. The van der Waals surface area contributed by atoms with E-state index in [-0.39, 0.29) is 43.6 Å². The zero-order valence-electron chi connectivity index (χ0n) is 38.1. The highest BCUT2D eigenvalue weighted by Crippen LogP contribution is 2.44. The number of ketones is 1. The Hall–Kier alpha value is -3.02. The Morgan fingerprint density at radius 1 is 0.885 bits per heavy atom. The van der Waals surface area contributed by atoms with E-state index in [2.05, 4.69) is 10.5 Å². The quantitative estimate of drug-likeness (QED) is 0.213. The Bertz CT molecular complexity index is 1810. The number of Topliss-reactive ketones (excluding diaryl/α,β-unsaturated/α-hetero) is 1. The molecule has 15 heteroatoms. The highest BCUT2D eigenvalue weighted by Gasteiger charge is 2.52. The highest BCUT2D eigenvalue weighted by molar-refractivity contribution is 5.86. The summed E-state index contributed by atoms with van der Waals surface area (Å²) in [6.45, 7) is 21.5. The Balaban J connectivity index is 1.50. The summed E-state index contributed by atoms with van der Waals surface area (Å²) in [6, 6.07) is 7.18. The Morgan fingerprint density at radius 2 is 1.56 bits per heavy atom. The smallest absolute Gasteiger partial charge is 0.311 e. The van der Waals surface area contributed by atoms with Gasteiger partial charge < -0.3 is 54.0 Å². The van der Waals surface area contributed by atoms with Crippen molar-refractivity contribution in [1.29, 1.82) is 0 Å². The molecular formula is C46H72N2O13. The third-order valence-corrected chi connectivity index (χ3v) is 13.7. The van der Waals surface area contributed by atoms with E-state index in [9.17, 15) is 34.8 Å². The minimum Gasteiger partial charge on any atom is -0.459 e. The highest BCUT2D eigenvalue weighted by atomic mass is 16.7. The number of hydrogen-bond donors (Lipinski definition) is 5. The molecule has 0 spiro atoms. The summed E-state index contributed by atoms with van der Waals surface area (Å²) in [5.74, 6) is -4.99. The number of rotatable bonds is 9. The third-order valence-electron chi connectivity index (χ3n) is 13.7. The molecule has 4 heterocycles. The standard InChI is InChI=1S/C46H72N2O13/c1-23-19-25(3)56-43(37(23)51)60-41-27(5)38(59-35-22-44(8,9)40(53)29(7)57-35)28(6)42(54)58-33(46(12,55)39(52)26(4)36(50)24(2)21-45(41,10)11)17-18-47-34(49)20-31-30-15-13-14-16-32(30)61-48-31/h13-16,23-29,33,35,37-41,43,51-53,55H,17-22H2,1-12H3,(H,47,49)/t23?,24-,25?,26+,27+,28-,29?,33-,35?,37?,38+,39-,40?,41-,43?,46-/m1/s1. The molecule has 0 radical (unpaired) electrons. The predicted molar refractivity (Wildman–Crippen MR) is 225 cm³/mol. The number of nitrogens with zero attached hydrogens (tertiary/aromatic N) is 1. The van der Waals surface area contributed by atoms with Gasteiger partial charge in [0.05, 0.1) is 49.0 Å². The van der Waals surface area contributed by atoms with Gasteiger partial charge in [0.25, 0.3) is 0 Å². The van der Waals surface area contributed by atoms with Crippen molar-refractivity contribution >= 4 is 28.6 Å². The van der Waals surface area contributed by atoms with Crippen LogP contribution in [0.15, 0.2) is 28.8 Å². The van der Waals surface area contributed by atoms with Crippen LogP contribution in [0.1, 0.15) is 114 Å². The van der Waals surface area contributed by atoms with Crippen LogP contribution < -0.4 is 5.32 Å². The van der Waals surface area contributed by atoms with Crippen molar-refractivity contribution in [3.63, 3.8) is 0 Å². The molecule has 3 saturated heterocycles. The van der Waals surface area contributed by atoms with E-state index < -0.39 is 107 Å². The number of carbonyl (C=O) groups excluding carboxylic acids is 3. The largest absolute Gasteiger partial charge is 0.459 e. The number of aliphatic hydroxyl groups is 4. The number of fused-ring (bicyclic) bond motifs is 1. The fourth-order valence-corrected chi connectivity index (χ4v) is 10.0. The van der Waals surface area contributed by atoms with Crippen LogP contribution in [0.2, 0.25) is 0 Å². The summed E-state index contributed by atoms with van der Waals surface area (Å²) in [7, 11) is 0. The van der Waals surface area contributed by atoms with Crippen LogP contribution in [-0.2, 0) is 44.5 Å². The second-order valence-corrected chi connectivity index (χ2v) is 20.1. The zero-order valence-corrected chi connectivity index (χ0v) is 38.1. The normalized spacial score (nSPS) is 40.2. The molecule has 15 nitrogen and oxygen atoms in total. The van der Waals surface area contributed by atoms with E-state index in [1.165, 1.54) is 6.92 Å². The summed E-state index contributed by atoms with van der Waals surface area (Å²) in [5.41, 5.74) is -2.57. The molecule has 1 amide bonds. The summed E-state index contributed by atoms with van der Waals surface area (Å²) < 4.78 is 37.6. The molecule has 1 aromatic heterocycles. The molecule has 5 N–H and O–H groups in total. The maximum atomic E-state index is 14.6. The van der Waals surface area contributed by atoms with Crippen molar-refractivity contribution in [2.75, 3.05) is 6.54 Å². The number of cyclic esters (lactones) is 1. The van der Waals surface area contributed by atoms with Gasteiger partial charge in [0.1, 0.15) is 29.3 Å². The molecule has 5 rings (SSSR count). The van der Waals surface area contributed by atoms with E-state index in [1.54, 1.807) is 45.9 Å². The van der Waals surface area contributed by atoms with Crippen LogP contribution in [0.3, 0.4) is 0 Å². The Labute approximate surface area is 360 Å². The van der Waals surface area contributed by atoms with Crippen LogP contribution >= 0.6 is 0 Å². The van der Waals surface area contributed by atoms with Gasteiger partial charge in [0, 0.05) is 42.5 Å². The van der Waals surface area contributed by atoms with Crippen LogP contribution in [0.25, 0.3) is 11.0 Å². The van der Waals surface area contributed by atoms with Crippen molar-refractivity contribution in [1.82, 2.24) is 10.5 Å². The van der Waals surface area contributed by atoms with Crippen molar-refractivity contribution in [3.05, 3.63) is 30.0 Å². The van der Waals surface area contributed by atoms with Gasteiger partial charge in [0.15, 0.2) is 18.2 Å². The van der Waals surface area contributed by atoms with E-state index in [4.69, 9.17) is 28.2 Å². The molecule has 3 fully saturated rings. The lowest BCUT2D eigenvalue weighted by Gasteiger charge is -2.49. The van der Waals surface area contributed by atoms with Crippen molar-refractivity contribution in [3.8, 4) is 0 Å². The van der Waals surface area contributed by atoms with Gasteiger partial charge in [-0.2, -0.15) is 0 Å². The molecule has 0 aliphatic carbocycles. The number of hydrogen-bond acceptors (Lipinski definition) is 14. The van der Waals surface area contributed by atoms with Crippen LogP contribution in [0.4, 0.5) is 0 Å². The van der Waals surface area contributed by atoms with Gasteiger partial charge in [-0.25, -0.2) is 0 Å². The van der Waals surface area contributed by atoms with Crippen LogP contribution in [-0.4, -0.2) is 117 Å². The first kappa shape index (κ1) is 49.0. The first-order valence-electron chi connectivity index (χ1n) is 22.1. The minimum atomic E-state index is -2.14. The van der Waals surface area contributed by atoms with Gasteiger partial charge in [-0.1, -0.05) is 72.7 Å². The van der Waals surface area contributed by atoms with Gasteiger partial charge in [-0.3, -0.25) is 14.4 Å². The van der Waals surface area contributed by atoms with Gasteiger partial charge in [-0.05, 0) is 69.4 Å². The molecule has 0 bridgehead atoms. The Morgan fingerprint density at radius 3 is 2.23 bits per heavy atom. The van der Waals surface area contributed by atoms with Crippen molar-refractivity contribution in [2.24, 2.45) is 40.4 Å². The summed E-state index contributed by atoms with van der Waals surface area (Å²) >= 11 is 0. The number of amides is 1. The number of aliphatic hydroxyl groups excluding tert-OH is 3. The number of benzene rings is 1. The van der Waals surface area contributed by atoms with Crippen LogP contribution in [0, 0.1) is 40.4 Å². The molecule has 0 saturated carbocycles. The van der Waals surface area contributed by atoms with Gasteiger partial charge in [0.2, 0.25) is 5.91 Å². The molecule has 16 atom stereocenters. The van der Waals surface area contributed by atoms with Crippen molar-refractivity contribution in [2.45, 2.75) is 182 Å². The monoisotopic (exact) mass is 861 g/mol. The van der Waals surface area contributed by atoms with E-state index in [1.807, 2.05) is 54.5 Å². The topological polar surface area (TPSA) is 216 Å². The number of para-hydroxylation sites is 1. The number of ether oxygens (including phenoxy) is 5. The molecule has 3 aliphatic rings. The molecule has 61 heavy (non-hydrogen) atoms. The van der Waals surface area contributed by atoms with Crippen molar-refractivity contribution < 1.29 is 63.0 Å². The van der Waals surface area contributed by atoms with E-state index >= 15 is 0 Å². The zero-order chi connectivity index (χ0) is 45.4. The van der Waals surface area contributed by atoms with E-state index in [0.29, 0.717) is 29.5 Å². The lowest BCUT2D eigenvalue weighted by atomic mass is 9.69. The van der Waals surface area contributed by atoms with Crippen LogP contribution in [0.5, 0.6) is 0 Å². The average molecular weight is 861 g/mol. The summed E-state index contributed by atoms with van der Waals surface area (Å²) in [4.78, 5) is 42.0. The molecule has 1 aromatic carbocycles. The number of nitrogens with one attached hydrogen (secondary N) is 1. The fraction of sp³-hybridized carbons (Fsp3) is 0.783. The third kappa shape index (κ3) is 11.0. The van der Waals surface area contributed by atoms with E-state index in [0.717, 1.165) is 0 Å². The predicted octanol–water partition coefficient (Wildman–Crippen LogP) is 4.87. The number of carbonyl (C=O) groups is 3. The lowest BCUT2D eigenvalue weighted by Crippen LogP contribution is -2.58. The molecule has 344 valence electrons. The average Bonchev–Trinajstić information content (AvgIpc) is 3.59. The SMILES string of the molecule is CC1CC(C)C(O)C(O[C@@H]2[C@@H](C)[C@H](OC3CC(C)(C)C(O)C(C)O3)[C@@H](C)C(=O)O[C@H](CCNC(=O)Cc3noc4ccccc34)[C@@](C)(O)[C@H](O)[C@@H](C)C(=O)[C@H](C)CC2(C)C)O1. The first-order valence-corrected chi connectivity index (χ1v) is 22.1. The number of aromatic nitrogens is 1. The minimum absolute atomic E-state index is 0.0608. The Kier molecular flexibility index (Phi) is 15.6. The van der Waals surface area contributed by atoms with Gasteiger partial charge in [-0.15, -0.1) is 0 Å². The molecular weight excluding hydrogens is 789 g/mol. The van der Waals surface area contributed by atoms with Gasteiger partial charge >= 0.3 is 5.97 Å². The number of esters is 1. The summed E-state index contributed by atoms with van der Waals surface area (Å²) in [6.07, 6.45) is -8.21. The second kappa shape index (κ2) is 19.4. The fourth-order valence-electron chi connectivity index (χ4n) is 10.0. The molecule has 2 aromatic rings. The first-order chi connectivity index (χ1) is 28.3. The maximum absolute atomic E-state index is 14.6. The second-order valence-electron chi connectivity index (χ2n) is 20.1. The molecule has 7 unspecified atom stereocenters. The summed E-state index contributed by atoms with van der Waals surface area (Å²) in [5, 5.41) is 53.8. The maximum Gasteiger partial charge on any atom is 0.311 e. The molecule has 3 aliphatic heterocycles.